The van der Waals surface area contributed by atoms with Gasteiger partial charge in [0.05, 0.1) is 49.4 Å². The molecule has 0 fully saturated rings. The van der Waals surface area contributed by atoms with Crippen molar-refractivity contribution in [3.63, 3.8) is 0 Å². The van der Waals surface area contributed by atoms with Crippen molar-refractivity contribution in [3.8, 4) is 23.0 Å². The van der Waals surface area contributed by atoms with Crippen LogP contribution in [0.1, 0.15) is 102 Å². The van der Waals surface area contributed by atoms with Crippen LogP contribution in [0, 0.1) is 13.8 Å². The van der Waals surface area contributed by atoms with E-state index in [9.17, 15) is 28.8 Å². The van der Waals surface area contributed by atoms with Gasteiger partial charge in [-0.2, -0.15) is 10.2 Å². The zero-order chi connectivity index (χ0) is 57.6. The Morgan fingerprint density at radius 3 is 2.08 bits per heavy atom. The molecule has 0 atom stereocenters. The lowest BCUT2D eigenvalue weighted by atomic mass is 10.1. The van der Waals surface area contributed by atoms with E-state index in [-0.39, 0.29) is 105 Å². The highest BCUT2D eigenvalue weighted by Gasteiger charge is 2.24. The summed E-state index contributed by atoms with van der Waals surface area (Å²) < 4.78 is 29.9. The fourth-order valence-corrected chi connectivity index (χ4v) is 8.84. The maximum Gasteiger partial charge on any atom is 0.356 e. The number of methoxy groups -OCH3 is 1. The van der Waals surface area contributed by atoms with Crippen LogP contribution >= 0.6 is 0 Å². The summed E-state index contributed by atoms with van der Waals surface area (Å²) in [6.07, 6.45) is 8.15. The summed E-state index contributed by atoms with van der Waals surface area (Å²) in [6, 6.07) is 9.81. The van der Waals surface area contributed by atoms with Crippen molar-refractivity contribution in [2.75, 3.05) is 45.3 Å². The topological polar surface area (TPSA) is 338 Å². The number of fused-ring (bicyclic) bond motifs is 4. The minimum absolute atomic E-state index is 0.0273. The molecule has 5 aromatic heterocycles. The van der Waals surface area contributed by atoms with E-state index in [1.54, 1.807) is 54.4 Å². The number of carbonyl (C=O) groups is 6. The van der Waals surface area contributed by atoms with Crippen molar-refractivity contribution in [2.24, 2.45) is 22.2 Å². The Labute approximate surface area is 460 Å². The Hall–Kier alpha value is -9.42. The fraction of sp³-hybridized carbons (Fsp3) is 0.382. The standard InChI is InChI=1S/C55H67N15O10/c1-8-59-40(24-32(4)56)54(76)80-23-15-22-79-44-30-36(50(58)74)28-39-48(44)68(55(62-39)64-53(75)42-26-34(6)66-70(42)10-3)20-12-11-19-67-47-37(38-31-61-51(63-52(38)67)41-25-33(5)65-69(41)9-2)27-35(49(57)73)29-43(47)78-21-14-18-60-45(71)16-13-17-46(72)77-7/h11-12,24-31H,8-10,13-23,56H2,1-7H3,(H2,57,73)(H2,58,74)(H,60,71)(H,62,64,75)/b12-11+,32-24?,59-40?. The molecule has 25 nitrogen and oxygen atoms in total. The number of nitrogens with zero attached hydrogens (tertiary/aromatic N) is 10. The lowest BCUT2D eigenvalue weighted by Crippen LogP contribution is -2.25. The summed E-state index contributed by atoms with van der Waals surface area (Å²) >= 11 is 0. The lowest BCUT2D eigenvalue weighted by molar-refractivity contribution is -0.140. The minimum atomic E-state index is -0.742. The van der Waals surface area contributed by atoms with Gasteiger partial charge in [0.25, 0.3) is 5.91 Å². The number of aliphatic imine (C=N–C) groups is 1. The van der Waals surface area contributed by atoms with Crippen LogP contribution in [0.3, 0.4) is 0 Å². The van der Waals surface area contributed by atoms with Gasteiger partial charge in [0.1, 0.15) is 39.8 Å². The van der Waals surface area contributed by atoms with E-state index in [2.05, 4.69) is 30.6 Å². The first-order valence-corrected chi connectivity index (χ1v) is 26.2. The Morgan fingerprint density at radius 2 is 1.40 bits per heavy atom. The van der Waals surface area contributed by atoms with Gasteiger partial charge in [0.15, 0.2) is 5.82 Å². The fourth-order valence-electron chi connectivity index (χ4n) is 8.84. The molecular weight excluding hydrogens is 1030 g/mol. The van der Waals surface area contributed by atoms with Gasteiger partial charge in [-0.15, -0.1) is 0 Å². The third-order valence-electron chi connectivity index (χ3n) is 12.5. The molecule has 0 aliphatic rings. The van der Waals surface area contributed by atoms with Gasteiger partial charge in [0.2, 0.25) is 23.7 Å². The second-order valence-electron chi connectivity index (χ2n) is 18.5. The van der Waals surface area contributed by atoms with E-state index in [0.717, 1.165) is 5.69 Å². The number of imidazole rings is 1. The van der Waals surface area contributed by atoms with E-state index < -0.39 is 23.7 Å². The van der Waals surface area contributed by atoms with Crippen molar-refractivity contribution in [3.05, 3.63) is 94.7 Å². The summed E-state index contributed by atoms with van der Waals surface area (Å²) in [5.74, 6) is -2.09. The van der Waals surface area contributed by atoms with Gasteiger partial charge in [-0.3, -0.25) is 43.6 Å². The number of nitrogens with one attached hydrogen (secondary N) is 2. The van der Waals surface area contributed by atoms with Gasteiger partial charge in [-0.1, -0.05) is 12.2 Å². The number of rotatable bonds is 28. The van der Waals surface area contributed by atoms with Crippen molar-refractivity contribution in [1.82, 2.24) is 49.0 Å². The van der Waals surface area contributed by atoms with Crippen LogP contribution in [0.25, 0.3) is 44.5 Å². The minimum Gasteiger partial charge on any atom is -0.491 e. The number of hydrogen-bond acceptors (Lipinski definition) is 17. The van der Waals surface area contributed by atoms with Crippen LogP contribution in [-0.4, -0.2) is 125 Å². The van der Waals surface area contributed by atoms with Crippen LogP contribution in [-0.2, 0) is 50.0 Å². The number of allylic oxidation sites excluding steroid dienone is 3. The van der Waals surface area contributed by atoms with Crippen LogP contribution < -0.4 is 37.3 Å². The first-order chi connectivity index (χ1) is 38.4. The van der Waals surface area contributed by atoms with Crippen LogP contribution in [0.4, 0.5) is 5.95 Å². The molecule has 0 unspecified atom stereocenters. The molecular formula is C55H67N15O10. The van der Waals surface area contributed by atoms with Crippen molar-refractivity contribution >= 4 is 80.2 Å². The molecule has 0 saturated carbocycles. The number of esters is 2. The van der Waals surface area contributed by atoms with E-state index >= 15 is 0 Å². The van der Waals surface area contributed by atoms with Gasteiger partial charge in [0, 0.05) is 92.3 Å². The predicted molar refractivity (Wildman–Crippen MR) is 299 cm³/mol. The number of benzene rings is 2. The third-order valence-corrected chi connectivity index (χ3v) is 12.5. The van der Waals surface area contributed by atoms with Gasteiger partial charge in [-0.25, -0.2) is 19.7 Å². The molecule has 0 aliphatic heterocycles. The normalized spacial score (nSPS) is 11.9. The highest BCUT2D eigenvalue weighted by atomic mass is 16.5. The summed E-state index contributed by atoms with van der Waals surface area (Å²) in [7, 11) is 1.30. The van der Waals surface area contributed by atoms with Gasteiger partial charge < -0.3 is 50.6 Å². The number of anilines is 1. The molecule has 8 N–H and O–H groups in total. The number of hydrogen-bond donors (Lipinski definition) is 5. The summed E-state index contributed by atoms with van der Waals surface area (Å²) in [4.78, 5) is 95.4. The molecule has 4 amide bonds. The number of aryl methyl sites for hydroxylation is 4. The Kier molecular flexibility index (Phi) is 19.5. The number of nitrogens with two attached hydrogens (primary N) is 3. The third kappa shape index (κ3) is 14.0. The first kappa shape index (κ1) is 58.3. The maximum atomic E-state index is 14.1. The highest BCUT2D eigenvalue weighted by Crippen LogP contribution is 2.37. The van der Waals surface area contributed by atoms with E-state index in [0.29, 0.717) is 94.3 Å². The maximum absolute atomic E-state index is 14.1. The van der Waals surface area contributed by atoms with Crippen LogP contribution in [0.5, 0.6) is 11.5 Å². The average Bonchev–Trinajstić information content (AvgIpc) is 4.39. The first-order valence-electron chi connectivity index (χ1n) is 26.2. The van der Waals surface area contributed by atoms with Gasteiger partial charge in [-0.05, 0) is 96.9 Å². The Balaban J connectivity index is 1.26. The summed E-state index contributed by atoms with van der Waals surface area (Å²) in [6.45, 7) is 13.0. The Morgan fingerprint density at radius 1 is 0.738 bits per heavy atom. The molecule has 0 bridgehead atoms. The second-order valence-corrected chi connectivity index (χ2v) is 18.5. The van der Waals surface area contributed by atoms with E-state index in [1.165, 1.54) is 25.3 Å². The lowest BCUT2D eigenvalue weighted by Gasteiger charge is -2.14. The molecule has 80 heavy (non-hydrogen) atoms. The molecule has 0 spiro atoms. The zero-order valence-corrected chi connectivity index (χ0v) is 46.0. The molecule has 0 radical (unpaired) electrons. The smallest absolute Gasteiger partial charge is 0.356 e. The molecule has 0 saturated heterocycles. The van der Waals surface area contributed by atoms with E-state index in [1.807, 2.05) is 48.2 Å². The van der Waals surface area contributed by atoms with Crippen molar-refractivity contribution in [2.45, 2.75) is 99.8 Å². The SMILES string of the molecule is CCN=C(C=C(C)N)C(=O)OCCCOc1cc(C(N)=O)cc2nc(NC(=O)c3cc(C)nn3CC)n(C/C=C/Cn3c4nc(-c5cc(C)nn5CC)ncc4c4cc(C(N)=O)cc(OCCCNC(=O)CCCC(=O)OC)c43)c12. The van der Waals surface area contributed by atoms with Gasteiger partial charge >= 0.3 is 11.9 Å². The second kappa shape index (κ2) is 26.8. The predicted octanol–water partition coefficient (Wildman–Crippen LogP) is 5.22. The van der Waals surface area contributed by atoms with Crippen LogP contribution in [0.2, 0.25) is 0 Å². The molecule has 0 aliphatic carbocycles. The molecule has 5 heterocycles. The Bertz CT molecular complexity index is 3560. The number of amides is 4. The molecule has 7 rings (SSSR count). The number of primary amides is 2. The number of aromatic nitrogens is 9. The largest absolute Gasteiger partial charge is 0.491 e. The monoisotopic (exact) mass is 1100 g/mol. The van der Waals surface area contributed by atoms with Crippen LogP contribution in [0.15, 0.2) is 71.5 Å². The molecule has 25 heteroatoms. The number of ether oxygens (including phenoxy) is 4. The average molecular weight is 1100 g/mol. The number of carbonyl (C=O) groups excluding carboxylic acids is 6. The quantitative estimate of drug-likeness (QED) is 0.0182. The van der Waals surface area contributed by atoms with Crippen molar-refractivity contribution < 1.29 is 47.7 Å². The van der Waals surface area contributed by atoms with Crippen molar-refractivity contribution in [1.29, 1.82) is 0 Å². The molecule has 2 aromatic carbocycles. The molecule has 422 valence electrons. The van der Waals surface area contributed by atoms with E-state index in [4.69, 9.17) is 46.4 Å². The summed E-state index contributed by atoms with van der Waals surface area (Å²) in [5.41, 5.74) is 22.5. The summed E-state index contributed by atoms with van der Waals surface area (Å²) in [5, 5.41) is 16.1. The zero-order valence-electron chi connectivity index (χ0n) is 46.0. The molecule has 7 aromatic rings. The highest BCUT2D eigenvalue weighted by molar-refractivity contribution is 6.41.